The van der Waals surface area contributed by atoms with E-state index in [4.69, 9.17) is 9.47 Å². The van der Waals surface area contributed by atoms with Gasteiger partial charge in [0.2, 0.25) is 0 Å². The third-order valence-corrected chi connectivity index (χ3v) is 17.7. The Balaban J connectivity index is 0.836. The number of amides is 1. The molecule has 16 nitrogen and oxygen atoms in total. The van der Waals surface area contributed by atoms with Gasteiger partial charge in [0.25, 0.3) is 21.6 Å². The van der Waals surface area contributed by atoms with Gasteiger partial charge in [0.05, 0.1) is 40.3 Å². The summed E-state index contributed by atoms with van der Waals surface area (Å²) >= 11 is 0. The molecule has 4 heterocycles. The van der Waals surface area contributed by atoms with Crippen molar-refractivity contribution in [2.75, 3.05) is 56.6 Å². The number of aromatic nitrogens is 2. The summed E-state index contributed by atoms with van der Waals surface area (Å²) in [6.45, 7) is 11.2. The number of halogens is 1. The first-order chi connectivity index (χ1) is 35.9. The second-order valence-electron chi connectivity index (χ2n) is 21.8. The van der Waals surface area contributed by atoms with E-state index in [9.17, 15) is 28.4 Å². The summed E-state index contributed by atoms with van der Waals surface area (Å²) in [4.78, 5) is 40.1. The Morgan fingerprint density at radius 1 is 0.960 bits per heavy atom. The lowest BCUT2D eigenvalue weighted by molar-refractivity contribution is -0.384. The summed E-state index contributed by atoms with van der Waals surface area (Å²) in [5, 5.41) is 26.5. The minimum atomic E-state index is -4.61. The second-order valence-corrected chi connectivity index (χ2v) is 23.5. The molecule has 2 aliphatic carbocycles. The maximum atomic E-state index is 16.1. The number of nitro groups is 1. The number of ether oxygens (including phenoxy) is 2. The fraction of sp³-hybridized carbons (Fsp3) is 0.439. The number of rotatable bonds is 16. The maximum Gasteiger partial charge on any atom is 0.293 e. The van der Waals surface area contributed by atoms with Crippen LogP contribution in [0.2, 0.25) is 0 Å². The van der Waals surface area contributed by atoms with Gasteiger partial charge in [-0.05, 0) is 141 Å². The fourth-order valence-electron chi connectivity index (χ4n) is 12.0. The number of pyridine rings is 1. The van der Waals surface area contributed by atoms with Gasteiger partial charge in [-0.2, -0.15) is 0 Å². The van der Waals surface area contributed by atoms with Gasteiger partial charge in [0, 0.05) is 86.8 Å². The number of H-pyrrole nitrogens is 1. The predicted molar refractivity (Wildman–Crippen MR) is 287 cm³/mol. The van der Waals surface area contributed by atoms with Crippen LogP contribution in [-0.4, -0.2) is 102 Å². The SMILES string of the molecule is COc1ccc(CN2CCN(C3CC4(CCN(c5ccc(C(=O)NS(=O)(=O)c6ccc(NC[C@H]7CC[C@](C)(O)CC7)c([N+](=O)[O-])c6)c(Oc6cnc7[nH]ccc7c6)c5)CC4)C3)C(c3c(F)cccc3C(C)C)C2)cc1. The number of fused-ring (bicyclic) bond motifs is 1. The largest absolute Gasteiger partial charge is 0.497 e. The minimum absolute atomic E-state index is 0.0554. The molecule has 4 fully saturated rings. The van der Waals surface area contributed by atoms with E-state index in [1.54, 1.807) is 50.6 Å². The zero-order chi connectivity index (χ0) is 52.6. The highest BCUT2D eigenvalue weighted by molar-refractivity contribution is 7.90. The van der Waals surface area contributed by atoms with Crippen molar-refractivity contribution in [2.45, 2.75) is 107 Å². The Kier molecular flexibility index (Phi) is 14.7. The summed E-state index contributed by atoms with van der Waals surface area (Å²) in [7, 11) is -2.94. The van der Waals surface area contributed by atoms with Gasteiger partial charge in [-0.15, -0.1) is 0 Å². The fourth-order valence-corrected chi connectivity index (χ4v) is 13.0. The van der Waals surface area contributed by atoms with E-state index in [-0.39, 0.29) is 46.1 Å². The van der Waals surface area contributed by atoms with Gasteiger partial charge in [-0.1, -0.05) is 38.1 Å². The van der Waals surface area contributed by atoms with Gasteiger partial charge < -0.3 is 29.8 Å². The van der Waals surface area contributed by atoms with Crippen LogP contribution < -0.4 is 24.4 Å². The Morgan fingerprint density at radius 2 is 1.72 bits per heavy atom. The number of piperidine rings is 1. The van der Waals surface area contributed by atoms with Gasteiger partial charge in [-0.3, -0.25) is 24.7 Å². The number of carbonyl (C=O) groups excluding carboxylic acids is 1. The van der Waals surface area contributed by atoms with Crippen molar-refractivity contribution in [3.8, 4) is 17.2 Å². The molecule has 1 spiro atoms. The molecule has 4 aliphatic rings. The predicted octanol–water partition coefficient (Wildman–Crippen LogP) is 10.3. The number of carbonyl (C=O) groups is 1. The molecular weight excluding hydrogens is 976 g/mol. The molecule has 0 radical (unpaired) electrons. The molecule has 2 saturated carbocycles. The summed E-state index contributed by atoms with van der Waals surface area (Å²) in [6.07, 6.45) is 9.96. The number of piperazine rings is 1. The normalized spacial score (nSPS) is 21.5. The quantitative estimate of drug-likeness (QED) is 0.0529. The Hall–Kier alpha value is -6.60. The van der Waals surface area contributed by atoms with E-state index in [1.165, 1.54) is 23.9 Å². The highest BCUT2D eigenvalue weighted by Gasteiger charge is 2.50. The average molecular weight is 1040 g/mol. The lowest BCUT2D eigenvalue weighted by atomic mass is 9.59. The van der Waals surface area contributed by atoms with E-state index in [2.05, 4.69) is 66.8 Å². The number of nitro benzene ring substituents is 1. The average Bonchev–Trinajstić information content (AvgIpc) is 3.87. The van der Waals surface area contributed by atoms with Crippen molar-refractivity contribution in [3.05, 3.63) is 142 Å². The van der Waals surface area contributed by atoms with Crippen LogP contribution in [0.4, 0.5) is 21.5 Å². The number of nitrogens with one attached hydrogen (secondary N) is 3. The highest BCUT2D eigenvalue weighted by atomic mass is 32.2. The van der Waals surface area contributed by atoms with Crippen LogP contribution in [-0.2, 0) is 16.6 Å². The van der Waals surface area contributed by atoms with Crippen LogP contribution in [0.25, 0.3) is 11.0 Å². The van der Waals surface area contributed by atoms with Gasteiger partial charge in [0.1, 0.15) is 34.4 Å². The molecule has 1 unspecified atom stereocenters. The van der Waals surface area contributed by atoms with Crippen molar-refractivity contribution >= 4 is 44.0 Å². The molecule has 1 amide bonds. The van der Waals surface area contributed by atoms with Crippen LogP contribution in [0.5, 0.6) is 17.2 Å². The van der Waals surface area contributed by atoms with Crippen molar-refractivity contribution < 1.29 is 37.1 Å². The van der Waals surface area contributed by atoms with Crippen LogP contribution >= 0.6 is 0 Å². The van der Waals surface area contributed by atoms with Crippen LogP contribution in [0.1, 0.15) is 111 Å². The summed E-state index contributed by atoms with van der Waals surface area (Å²) in [5.74, 6) is 0.508. The number of anilines is 2. The van der Waals surface area contributed by atoms with Crippen LogP contribution in [0.3, 0.4) is 0 Å². The molecule has 0 bridgehead atoms. The smallest absolute Gasteiger partial charge is 0.293 e. The Labute approximate surface area is 437 Å². The van der Waals surface area contributed by atoms with Crippen molar-refractivity contribution in [2.24, 2.45) is 11.3 Å². The molecule has 2 aromatic heterocycles. The molecule has 2 saturated heterocycles. The lowest BCUT2D eigenvalue weighted by Gasteiger charge is -2.58. The Morgan fingerprint density at radius 3 is 2.44 bits per heavy atom. The van der Waals surface area contributed by atoms with Crippen molar-refractivity contribution in [1.82, 2.24) is 24.5 Å². The number of sulfonamides is 1. The third-order valence-electron chi connectivity index (χ3n) is 16.4. The summed E-state index contributed by atoms with van der Waals surface area (Å²) in [5.41, 5.74) is 3.59. The number of hydrogen-bond donors (Lipinski definition) is 4. The molecule has 6 aromatic rings. The maximum absolute atomic E-state index is 16.1. The molecule has 4 N–H and O–H groups in total. The molecule has 396 valence electrons. The van der Waals surface area contributed by atoms with Gasteiger partial charge in [0.15, 0.2) is 0 Å². The van der Waals surface area contributed by atoms with E-state index in [1.807, 2.05) is 24.3 Å². The number of aromatic amines is 1. The number of hydrogen-bond acceptors (Lipinski definition) is 13. The first kappa shape index (κ1) is 51.9. The molecule has 75 heavy (non-hydrogen) atoms. The molecule has 4 aromatic carbocycles. The second kappa shape index (κ2) is 21.2. The van der Waals surface area contributed by atoms with Gasteiger partial charge >= 0.3 is 0 Å². The number of benzene rings is 4. The monoisotopic (exact) mass is 1040 g/mol. The summed E-state index contributed by atoms with van der Waals surface area (Å²) < 4.78 is 57.7. The first-order valence-electron chi connectivity index (χ1n) is 26.2. The van der Waals surface area contributed by atoms with Crippen molar-refractivity contribution in [1.29, 1.82) is 0 Å². The third kappa shape index (κ3) is 11.3. The zero-order valence-corrected chi connectivity index (χ0v) is 43.9. The standard InChI is InChI=1S/C57H67FN8O8S/c1-37(2)46-6-5-7-48(58)53(46)51-36-63(35-39-8-11-43(73-4)12-9-39)26-27-65(51)42-31-57(32-42)21-24-64(25-22-57)41-10-14-47(52(29-41)74-44-28-40-18-23-59-54(40)61-34-44)55(67)62-75(71,72)45-13-15-49(50(30-45)66(69)70)60-33-38-16-19-56(3,68)20-17-38/h5-15,18,23,28-30,34,37-38,42,51,60,68H,16-17,19-22,24-27,31-33,35-36H2,1-4H3,(H,59,61)(H,62,67)/t38-,51?,56-. The molecule has 1 atom stereocenters. The lowest BCUT2D eigenvalue weighted by Crippen LogP contribution is -2.60. The van der Waals surface area contributed by atoms with E-state index >= 15 is 4.39 Å². The van der Waals surface area contributed by atoms with E-state index < -0.39 is 37.0 Å². The molecule has 10 rings (SSSR count). The number of aliphatic hydroxyl groups is 1. The van der Waals surface area contributed by atoms with E-state index in [0.717, 1.165) is 112 Å². The van der Waals surface area contributed by atoms with Gasteiger partial charge in [-0.25, -0.2) is 22.5 Å². The zero-order valence-electron chi connectivity index (χ0n) is 43.1. The summed E-state index contributed by atoms with van der Waals surface area (Å²) in [6, 6.07) is 26.1. The first-order valence-corrected chi connectivity index (χ1v) is 27.6. The van der Waals surface area contributed by atoms with E-state index in [0.29, 0.717) is 36.8 Å². The molecule has 2 aliphatic heterocycles. The Bertz CT molecular complexity index is 3160. The van der Waals surface area contributed by atoms with Crippen molar-refractivity contribution in [3.63, 3.8) is 0 Å². The van der Waals surface area contributed by atoms with Crippen LogP contribution in [0, 0.1) is 27.3 Å². The number of nitrogens with zero attached hydrogens (tertiary/aromatic N) is 5. The topological polar surface area (TPSA) is 195 Å². The minimum Gasteiger partial charge on any atom is -0.497 e. The number of methoxy groups -OCH3 is 1. The molecule has 18 heteroatoms. The molecular formula is C57H67FN8O8S. The van der Waals surface area contributed by atoms with Crippen LogP contribution in [0.15, 0.2) is 108 Å². The highest BCUT2D eigenvalue weighted by Crippen LogP contribution is 2.54.